The van der Waals surface area contributed by atoms with Gasteiger partial charge in [-0.25, -0.2) is 4.39 Å². The van der Waals surface area contributed by atoms with Crippen LogP contribution in [-0.2, 0) is 0 Å². The summed E-state index contributed by atoms with van der Waals surface area (Å²) in [4.78, 5) is 19.5. The van der Waals surface area contributed by atoms with Gasteiger partial charge in [0.2, 0.25) is 5.89 Å². The van der Waals surface area contributed by atoms with Crippen LogP contribution < -0.4 is 10.6 Å². The molecular weight excluding hydrogens is 265 g/mol. The molecule has 0 spiro atoms. The number of carbonyl (C=O) groups is 1. The van der Waals surface area contributed by atoms with E-state index in [1.165, 1.54) is 12.3 Å². The van der Waals surface area contributed by atoms with Crippen LogP contribution in [0.3, 0.4) is 0 Å². The zero-order chi connectivity index (χ0) is 13.9. The third-order valence-corrected chi connectivity index (χ3v) is 3.02. The maximum Gasteiger partial charge on any atom is 0.297 e. The van der Waals surface area contributed by atoms with Gasteiger partial charge < -0.3 is 15.2 Å². The van der Waals surface area contributed by atoms with Crippen LogP contribution in [0.15, 0.2) is 23.0 Å². The molecule has 0 aliphatic carbocycles. The van der Waals surface area contributed by atoms with Crippen molar-refractivity contribution in [2.75, 3.05) is 11.9 Å². The van der Waals surface area contributed by atoms with Crippen LogP contribution in [0.1, 0.15) is 35.4 Å². The molecule has 0 radical (unpaired) electrons. The smallest absolute Gasteiger partial charge is 0.297 e. The molecule has 2 N–H and O–H groups in total. The lowest BCUT2D eigenvalue weighted by molar-refractivity contribution is 0.101. The van der Waals surface area contributed by atoms with Crippen LogP contribution in [0.2, 0.25) is 0 Å². The number of amides is 1. The lowest BCUT2D eigenvalue weighted by atomic mass is 10.2. The molecule has 1 amide bonds. The van der Waals surface area contributed by atoms with E-state index < -0.39 is 11.7 Å². The molecule has 8 heteroatoms. The van der Waals surface area contributed by atoms with Crippen molar-refractivity contribution in [2.24, 2.45) is 0 Å². The molecule has 0 bridgehead atoms. The van der Waals surface area contributed by atoms with E-state index in [4.69, 9.17) is 4.52 Å². The Kier molecular flexibility index (Phi) is 3.38. The van der Waals surface area contributed by atoms with Gasteiger partial charge in [-0.15, -0.1) is 0 Å². The molecule has 3 rings (SSSR count). The van der Waals surface area contributed by atoms with Gasteiger partial charge in [-0.2, -0.15) is 4.98 Å². The SMILES string of the molecule is O=C(Nc1ccncc1F)c1noc(C2CCCN2)n1. The van der Waals surface area contributed by atoms with Crippen LogP contribution in [-0.4, -0.2) is 27.6 Å². The molecule has 1 unspecified atom stereocenters. The number of anilines is 1. The highest BCUT2D eigenvalue weighted by Crippen LogP contribution is 2.21. The first kappa shape index (κ1) is 12.7. The quantitative estimate of drug-likeness (QED) is 0.878. The fraction of sp³-hybridized carbons (Fsp3) is 0.333. The first-order chi connectivity index (χ1) is 9.74. The summed E-state index contributed by atoms with van der Waals surface area (Å²) in [6.07, 6.45) is 4.31. The van der Waals surface area contributed by atoms with E-state index in [0.29, 0.717) is 5.89 Å². The Labute approximate surface area is 113 Å². The molecular formula is C12H12FN5O2. The molecule has 1 aliphatic rings. The Morgan fingerprint density at radius 3 is 3.20 bits per heavy atom. The molecule has 20 heavy (non-hydrogen) atoms. The molecule has 0 aromatic carbocycles. The van der Waals surface area contributed by atoms with Gasteiger partial charge in [0.05, 0.1) is 17.9 Å². The summed E-state index contributed by atoms with van der Waals surface area (Å²) in [6.45, 7) is 0.886. The maximum atomic E-state index is 13.4. The Morgan fingerprint density at radius 2 is 2.45 bits per heavy atom. The molecule has 0 saturated carbocycles. The summed E-state index contributed by atoms with van der Waals surface area (Å²) in [5.41, 5.74) is 0.0235. The van der Waals surface area contributed by atoms with Crippen molar-refractivity contribution < 1.29 is 13.7 Å². The second kappa shape index (κ2) is 5.33. The number of hydrogen-bond acceptors (Lipinski definition) is 6. The zero-order valence-corrected chi connectivity index (χ0v) is 10.5. The first-order valence-electron chi connectivity index (χ1n) is 6.22. The van der Waals surface area contributed by atoms with E-state index in [9.17, 15) is 9.18 Å². The fourth-order valence-electron chi connectivity index (χ4n) is 2.02. The number of halogens is 1. The van der Waals surface area contributed by atoms with Crippen molar-refractivity contribution in [1.82, 2.24) is 20.4 Å². The van der Waals surface area contributed by atoms with Crippen molar-refractivity contribution in [2.45, 2.75) is 18.9 Å². The van der Waals surface area contributed by atoms with Crippen molar-refractivity contribution in [3.05, 3.63) is 36.0 Å². The number of nitrogens with zero attached hydrogens (tertiary/aromatic N) is 3. The molecule has 7 nitrogen and oxygen atoms in total. The molecule has 2 aromatic rings. The highest BCUT2D eigenvalue weighted by molar-refractivity contribution is 6.01. The number of hydrogen-bond donors (Lipinski definition) is 2. The molecule has 1 aliphatic heterocycles. The van der Waals surface area contributed by atoms with E-state index in [-0.39, 0.29) is 17.6 Å². The monoisotopic (exact) mass is 277 g/mol. The molecule has 3 heterocycles. The Bertz CT molecular complexity index is 624. The van der Waals surface area contributed by atoms with E-state index in [1.54, 1.807) is 0 Å². The van der Waals surface area contributed by atoms with Gasteiger partial charge in [0.1, 0.15) is 0 Å². The van der Waals surface area contributed by atoms with Gasteiger partial charge in [-0.05, 0) is 25.5 Å². The standard InChI is InChI=1S/C12H12FN5O2/c13-7-6-14-5-3-8(7)16-11(19)10-17-12(20-18-10)9-2-1-4-15-9/h3,5-6,9,15H,1-2,4H2,(H,14,16,19). The zero-order valence-electron chi connectivity index (χ0n) is 10.5. The van der Waals surface area contributed by atoms with Crippen LogP contribution in [0.25, 0.3) is 0 Å². The Morgan fingerprint density at radius 1 is 1.55 bits per heavy atom. The summed E-state index contributed by atoms with van der Waals surface area (Å²) in [6, 6.07) is 1.34. The predicted molar refractivity (Wildman–Crippen MR) is 66.4 cm³/mol. The second-order valence-electron chi connectivity index (χ2n) is 4.41. The first-order valence-corrected chi connectivity index (χ1v) is 6.22. The summed E-state index contributed by atoms with van der Waals surface area (Å²) in [5.74, 6) is -0.988. The summed E-state index contributed by atoms with van der Waals surface area (Å²) < 4.78 is 18.4. The Balaban J connectivity index is 1.73. The van der Waals surface area contributed by atoms with Crippen LogP contribution in [0.5, 0.6) is 0 Å². The van der Waals surface area contributed by atoms with Gasteiger partial charge in [0, 0.05) is 6.20 Å². The molecule has 1 atom stereocenters. The van der Waals surface area contributed by atoms with E-state index in [1.807, 2.05) is 0 Å². The van der Waals surface area contributed by atoms with Gasteiger partial charge >= 0.3 is 0 Å². The van der Waals surface area contributed by atoms with Crippen molar-refractivity contribution in [3.8, 4) is 0 Å². The largest absolute Gasteiger partial charge is 0.337 e. The predicted octanol–water partition coefficient (Wildman–Crippen LogP) is 1.28. The third kappa shape index (κ3) is 2.50. The molecule has 2 aromatic heterocycles. The van der Waals surface area contributed by atoms with Crippen molar-refractivity contribution in [3.63, 3.8) is 0 Å². The highest BCUT2D eigenvalue weighted by atomic mass is 19.1. The molecule has 1 fully saturated rings. The average molecular weight is 277 g/mol. The number of nitrogens with one attached hydrogen (secondary N) is 2. The van der Waals surface area contributed by atoms with Crippen LogP contribution in [0.4, 0.5) is 10.1 Å². The third-order valence-electron chi connectivity index (χ3n) is 3.02. The minimum atomic E-state index is -0.623. The normalized spacial score (nSPS) is 18.1. The highest BCUT2D eigenvalue weighted by Gasteiger charge is 2.24. The van der Waals surface area contributed by atoms with Gasteiger partial charge in [-0.3, -0.25) is 9.78 Å². The number of pyridine rings is 1. The van der Waals surface area contributed by atoms with E-state index in [0.717, 1.165) is 25.6 Å². The van der Waals surface area contributed by atoms with Crippen molar-refractivity contribution >= 4 is 11.6 Å². The van der Waals surface area contributed by atoms with Crippen molar-refractivity contribution in [1.29, 1.82) is 0 Å². The fourth-order valence-corrected chi connectivity index (χ4v) is 2.02. The lowest BCUT2D eigenvalue weighted by Gasteiger charge is -2.02. The lowest BCUT2D eigenvalue weighted by Crippen LogP contribution is -2.16. The Hall–Kier alpha value is -2.35. The summed E-state index contributed by atoms with van der Waals surface area (Å²) in [7, 11) is 0. The van der Waals surface area contributed by atoms with Crippen LogP contribution >= 0.6 is 0 Å². The van der Waals surface area contributed by atoms with Crippen LogP contribution in [0, 0.1) is 5.82 Å². The number of rotatable bonds is 3. The topological polar surface area (TPSA) is 92.9 Å². The summed E-state index contributed by atoms with van der Waals surface area (Å²) in [5, 5.41) is 9.17. The molecule has 104 valence electrons. The van der Waals surface area contributed by atoms with Gasteiger partial charge in [0.25, 0.3) is 11.7 Å². The number of aromatic nitrogens is 3. The van der Waals surface area contributed by atoms with Gasteiger partial charge in [0.15, 0.2) is 5.82 Å². The average Bonchev–Trinajstić information content (AvgIpc) is 3.11. The maximum absolute atomic E-state index is 13.4. The molecule has 1 saturated heterocycles. The minimum absolute atomic E-state index is 0.0123. The number of carbonyl (C=O) groups excluding carboxylic acids is 1. The minimum Gasteiger partial charge on any atom is -0.337 e. The second-order valence-corrected chi connectivity index (χ2v) is 4.41. The van der Waals surface area contributed by atoms with Gasteiger partial charge in [-0.1, -0.05) is 5.16 Å². The van der Waals surface area contributed by atoms with E-state index >= 15 is 0 Å². The summed E-state index contributed by atoms with van der Waals surface area (Å²) >= 11 is 0. The van der Waals surface area contributed by atoms with E-state index in [2.05, 4.69) is 25.8 Å².